The number of aromatic nitrogens is 2. The Kier molecular flexibility index (Phi) is 6.31. The number of aliphatic hydroxyl groups excluding tert-OH is 1. The van der Waals surface area contributed by atoms with Crippen LogP contribution in [0.4, 0.5) is 5.69 Å². The van der Waals surface area contributed by atoms with Crippen LogP contribution in [0.15, 0.2) is 36.7 Å². The van der Waals surface area contributed by atoms with E-state index in [0.29, 0.717) is 29.3 Å². The van der Waals surface area contributed by atoms with Gasteiger partial charge in [-0.25, -0.2) is 4.98 Å². The van der Waals surface area contributed by atoms with Crippen molar-refractivity contribution >= 4 is 28.8 Å². The molecular weight excluding hydrogens is 418 g/mol. The molecule has 1 aliphatic heterocycles. The molecule has 4 rings (SSSR count). The van der Waals surface area contributed by atoms with Gasteiger partial charge in [-0.05, 0) is 30.2 Å². The SMILES string of the molecule is COc1cc(CO)c(-c2cn3ccc(N4CCC(NC(=O)CCN)C4)cc3n2)cc1Cl. The zero-order valence-electron chi connectivity index (χ0n) is 17.3. The minimum absolute atomic E-state index is 0.000501. The minimum atomic E-state index is -0.146. The Morgan fingerprint density at radius 1 is 1.42 bits per heavy atom. The van der Waals surface area contributed by atoms with E-state index in [4.69, 9.17) is 27.1 Å². The van der Waals surface area contributed by atoms with Crippen LogP contribution < -0.4 is 20.7 Å². The van der Waals surface area contributed by atoms with E-state index in [1.54, 1.807) is 19.2 Å². The van der Waals surface area contributed by atoms with E-state index in [-0.39, 0.29) is 18.6 Å². The van der Waals surface area contributed by atoms with Crippen molar-refractivity contribution in [1.29, 1.82) is 0 Å². The summed E-state index contributed by atoms with van der Waals surface area (Å²) in [5.41, 5.74) is 9.48. The van der Waals surface area contributed by atoms with Gasteiger partial charge in [-0.2, -0.15) is 0 Å². The fourth-order valence-electron chi connectivity index (χ4n) is 3.96. The Balaban J connectivity index is 1.57. The lowest BCUT2D eigenvalue weighted by Gasteiger charge is -2.19. The molecule has 4 N–H and O–H groups in total. The molecule has 0 saturated carbocycles. The number of hydrogen-bond donors (Lipinski definition) is 3. The zero-order chi connectivity index (χ0) is 22.0. The van der Waals surface area contributed by atoms with Crippen LogP contribution in [0.5, 0.6) is 5.75 Å². The van der Waals surface area contributed by atoms with Gasteiger partial charge < -0.3 is 30.2 Å². The maximum atomic E-state index is 11.8. The summed E-state index contributed by atoms with van der Waals surface area (Å²) in [5.74, 6) is 0.517. The van der Waals surface area contributed by atoms with Gasteiger partial charge in [-0.1, -0.05) is 11.6 Å². The van der Waals surface area contributed by atoms with Gasteiger partial charge in [-0.3, -0.25) is 4.79 Å². The van der Waals surface area contributed by atoms with E-state index in [1.165, 1.54) is 0 Å². The minimum Gasteiger partial charge on any atom is -0.495 e. The van der Waals surface area contributed by atoms with Crippen LogP contribution in [0, 0.1) is 0 Å². The topological polar surface area (TPSA) is 105 Å². The fraction of sp³-hybridized carbons (Fsp3) is 0.364. The van der Waals surface area contributed by atoms with Crippen molar-refractivity contribution in [1.82, 2.24) is 14.7 Å². The van der Waals surface area contributed by atoms with Crippen molar-refractivity contribution in [2.75, 3.05) is 31.6 Å². The van der Waals surface area contributed by atoms with Gasteiger partial charge in [-0.15, -0.1) is 0 Å². The second kappa shape index (κ2) is 9.13. The third-order valence-electron chi connectivity index (χ3n) is 5.56. The largest absolute Gasteiger partial charge is 0.495 e. The molecule has 3 aromatic rings. The number of methoxy groups -OCH3 is 1. The number of nitrogens with zero attached hydrogens (tertiary/aromatic N) is 3. The summed E-state index contributed by atoms with van der Waals surface area (Å²) in [6.07, 6.45) is 5.12. The van der Waals surface area contributed by atoms with Crippen LogP contribution in [-0.4, -0.2) is 53.2 Å². The predicted molar refractivity (Wildman–Crippen MR) is 121 cm³/mol. The second-order valence-electron chi connectivity index (χ2n) is 7.62. The first-order chi connectivity index (χ1) is 15.0. The van der Waals surface area contributed by atoms with Crippen LogP contribution in [0.25, 0.3) is 16.9 Å². The molecule has 1 unspecified atom stereocenters. The predicted octanol–water partition coefficient (Wildman–Crippen LogP) is 2.20. The smallest absolute Gasteiger partial charge is 0.221 e. The van der Waals surface area contributed by atoms with Crippen LogP contribution in [0.2, 0.25) is 5.02 Å². The lowest BCUT2D eigenvalue weighted by molar-refractivity contribution is -0.121. The van der Waals surface area contributed by atoms with E-state index in [9.17, 15) is 9.90 Å². The van der Waals surface area contributed by atoms with Gasteiger partial charge in [0.2, 0.25) is 5.91 Å². The van der Waals surface area contributed by atoms with Crippen LogP contribution in [0.1, 0.15) is 18.4 Å². The number of nitrogens with two attached hydrogens (primary N) is 1. The number of nitrogens with one attached hydrogen (secondary N) is 1. The number of halogens is 1. The van der Waals surface area contributed by atoms with Crippen molar-refractivity contribution in [3.8, 4) is 17.0 Å². The molecular formula is C22H26ClN5O3. The molecule has 0 radical (unpaired) electrons. The summed E-state index contributed by atoms with van der Waals surface area (Å²) in [6.45, 7) is 1.83. The number of imidazole rings is 1. The van der Waals surface area contributed by atoms with E-state index in [0.717, 1.165) is 42.1 Å². The number of aliphatic hydroxyl groups is 1. The highest BCUT2D eigenvalue weighted by Gasteiger charge is 2.24. The molecule has 2 aromatic heterocycles. The molecule has 0 spiro atoms. The van der Waals surface area contributed by atoms with Crippen LogP contribution in [0.3, 0.4) is 0 Å². The number of pyridine rings is 1. The highest BCUT2D eigenvalue weighted by molar-refractivity contribution is 6.32. The maximum Gasteiger partial charge on any atom is 0.221 e. The maximum absolute atomic E-state index is 11.8. The number of amides is 1. The number of fused-ring (bicyclic) bond motifs is 1. The molecule has 1 aromatic carbocycles. The molecule has 3 heterocycles. The molecule has 164 valence electrons. The Labute approximate surface area is 185 Å². The van der Waals surface area contributed by atoms with Gasteiger partial charge in [0, 0.05) is 61.8 Å². The summed E-state index contributed by atoms with van der Waals surface area (Å²) in [4.78, 5) is 18.8. The monoisotopic (exact) mass is 443 g/mol. The first kappa shape index (κ1) is 21.4. The molecule has 9 heteroatoms. The highest BCUT2D eigenvalue weighted by atomic mass is 35.5. The average molecular weight is 444 g/mol. The standard InChI is InChI=1S/C22H26ClN5O3/c1-31-20-8-14(13-29)17(10-18(20)23)19-12-28-7-4-16(9-21(28)26-19)27-6-3-15(11-27)25-22(30)2-5-24/h4,7-10,12,15,29H,2-3,5-6,11,13,24H2,1H3,(H,25,30). The normalized spacial score (nSPS) is 16.1. The molecule has 1 saturated heterocycles. The summed E-state index contributed by atoms with van der Waals surface area (Å²) in [5, 5.41) is 13.3. The highest BCUT2D eigenvalue weighted by Crippen LogP contribution is 2.34. The van der Waals surface area contributed by atoms with E-state index >= 15 is 0 Å². The van der Waals surface area contributed by atoms with Gasteiger partial charge in [0.05, 0.1) is 24.4 Å². The van der Waals surface area contributed by atoms with Crippen LogP contribution >= 0.6 is 11.6 Å². The third-order valence-corrected chi connectivity index (χ3v) is 5.85. The third kappa shape index (κ3) is 4.46. The van der Waals surface area contributed by atoms with Gasteiger partial charge in [0.25, 0.3) is 0 Å². The van der Waals surface area contributed by atoms with E-state index < -0.39 is 0 Å². The van der Waals surface area contributed by atoms with Gasteiger partial charge in [0.1, 0.15) is 11.4 Å². The molecule has 1 fully saturated rings. The fourth-order valence-corrected chi connectivity index (χ4v) is 4.20. The van der Waals surface area contributed by atoms with Crippen molar-refractivity contribution < 1.29 is 14.6 Å². The molecule has 0 bridgehead atoms. The summed E-state index contributed by atoms with van der Waals surface area (Å²) in [7, 11) is 1.54. The lowest BCUT2D eigenvalue weighted by atomic mass is 10.1. The quantitative estimate of drug-likeness (QED) is 0.517. The number of rotatable bonds is 7. The van der Waals surface area contributed by atoms with Gasteiger partial charge >= 0.3 is 0 Å². The average Bonchev–Trinajstić information content (AvgIpc) is 3.40. The summed E-state index contributed by atoms with van der Waals surface area (Å²) >= 11 is 6.30. The summed E-state index contributed by atoms with van der Waals surface area (Å²) < 4.78 is 7.19. The Hall–Kier alpha value is -2.81. The number of hydrogen-bond acceptors (Lipinski definition) is 6. The Bertz CT molecular complexity index is 1100. The Morgan fingerprint density at radius 2 is 2.26 bits per heavy atom. The van der Waals surface area contributed by atoms with Gasteiger partial charge in [0.15, 0.2) is 0 Å². The lowest BCUT2D eigenvalue weighted by Crippen LogP contribution is -2.37. The number of anilines is 1. The number of benzene rings is 1. The molecule has 1 atom stereocenters. The first-order valence-electron chi connectivity index (χ1n) is 10.2. The molecule has 8 nitrogen and oxygen atoms in total. The number of carbonyl (C=O) groups excluding carboxylic acids is 1. The van der Waals surface area contributed by atoms with Crippen molar-refractivity contribution in [2.24, 2.45) is 5.73 Å². The van der Waals surface area contributed by atoms with Crippen LogP contribution in [-0.2, 0) is 11.4 Å². The van der Waals surface area contributed by atoms with Crippen molar-refractivity contribution in [3.05, 3.63) is 47.2 Å². The van der Waals surface area contributed by atoms with Crippen molar-refractivity contribution in [3.63, 3.8) is 0 Å². The molecule has 0 aliphatic carbocycles. The molecule has 31 heavy (non-hydrogen) atoms. The van der Waals surface area contributed by atoms with E-state index in [1.807, 2.05) is 28.9 Å². The van der Waals surface area contributed by atoms with Crippen molar-refractivity contribution in [2.45, 2.75) is 25.5 Å². The molecule has 1 aliphatic rings. The zero-order valence-corrected chi connectivity index (χ0v) is 18.1. The first-order valence-corrected chi connectivity index (χ1v) is 10.6. The second-order valence-corrected chi connectivity index (χ2v) is 8.02. The number of carbonyl (C=O) groups is 1. The number of ether oxygens (including phenoxy) is 1. The Morgan fingerprint density at radius 3 is 3.00 bits per heavy atom. The van der Waals surface area contributed by atoms with E-state index in [2.05, 4.69) is 10.2 Å². The molecule has 1 amide bonds. The summed E-state index contributed by atoms with van der Waals surface area (Å²) in [6, 6.07) is 7.69.